The van der Waals surface area contributed by atoms with Crippen molar-refractivity contribution in [3.8, 4) is 0 Å². The first-order chi connectivity index (χ1) is 8.06. The molecule has 88 valence electrons. The average Bonchev–Trinajstić information content (AvgIpc) is 2.29. The van der Waals surface area contributed by atoms with Gasteiger partial charge in [-0.25, -0.2) is 9.37 Å². The molecule has 17 heavy (non-hydrogen) atoms. The lowest BCUT2D eigenvalue weighted by molar-refractivity contribution is 0.618. The van der Waals surface area contributed by atoms with Gasteiger partial charge < -0.3 is 5.73 Å². The van der Waals surface area contributed by atoms with E-state index in [0.29, 0.717) is 25.1 Å². The van der Waals surface area contributed by atoms with Crippen LogP contribution < -0.4 is 5.73 Å². The molecule has 0 fully saturated rings. The molecular weight excluding hydrogens is 327 g/mol. The highest BCUT2D eigenvalue weighted by atomic mass is 79.9. The zero-order valence-corrected chi connectivity index (χ0v) is 11.6. The van der Waals surface area contributed by atoms with Gasteiger partial charge in [0.2, 0.25) is 0 Å². The molecule has 1 aromatic carbocycles. The first kappa shape index (κ1) is 12.7. The number of anilines is 1. The van der Waals surface area contributed by atoms with E-state index in [0.717, 1.165) is 0 Å². The van der Waals surface area contributed by atoms with Crippen molar-refractivity contribution in [1.29, 1.82) is 0 Å². The lowest BCUT2D eigenvalue weighted by Gasteiger charge is -2.06. The van der Waals surface area contributed by atoms with E-state index in [1.54, 1.807) is 12.1 Å². The first-order valence-electron chi connectivity index (χ1n) is 4.60. The number of pyridine rings is 1. The lowest BCUT2D eigenvalue weighted by Crippen LogP contribution is -1.91. The van der Waals surface area contributed by atoms with Gasteiger partial charge in [-0.05, 0) is 40.2 Å². The van der Waals surface area contributed by atoms with E-state index in [9.17, 15) is 4.39 Å². The molecule has 1 heterocycles. The molecule has 1 aromatic heterocycles. The standard InChI is InChI=1S/C11H7BrClFN2S/c12-7-3-9(15)10(4-8(7)14)17-11-2-1-6(13)5-16-11/h1-5H,15H2. The quantitative estimate of drug-likeness (QED) is 0.829. The largest absolute Gasteiger partial charge is 0.398 e. The SMILES string of the molecule is Nc1cc(Br)c(F)cc1Sc1ccc(Cl)cn1. The average molecular weight is 334 g/mol. The molecule has 0 bridgehead atoms. The van der Waals surface area contributed by atoms with E-state index in [2.05, 4.69) is 20.9 Å². The summed E-state index contributed by atoms with van der Waals surface area (Å²) in [6, 6.07) is 6.39. The summed E-state index contributed by atoms with van der Waals surface area (Å²) >= 11 is 10.1. The summed E-state index contributed by atoms with van der Waals surface area (Å²) in [6.45, 7) is 0. The molecule has 2 nitrogen and oxygen atoms in total. The van der Waals surface area contributed by atoms with Gasteiger partial charge in [-0.1, -0.05) is 23.4 Å². The van der Waals surface area contributed by atoms with Crippen molar-refractivity contribution in [3.05, 3.63) is 45.8 Å². The second-order valence-corrected chi connectivity index (χ2v) is 5.57. The van der Waals surface area contributed by atoms with Gasteiger partial charge in [0.25, 0.3) is 0 Å². The minimum absolute atomic E-state index is 0.350. The Balaban J connectivity index is 2.30. The molecule has 0 amide bonds. The van der Waals surface area contributed by atoms with Crippen LogP contribution in [0.4, 0.5) is 10.1 Å². The minimum atomic E-state index is -0.351. The molecule has 6 heteroatoms. The zero-order chi connectivity index (χ0) is 12.4. The highest BCUT2D eigenvalue weighted by Gasteiger charge is 2.08. The van der Waals surface area contributed by atoms with Gasteiger partial charge in [-0.3, -0.25) is 0 Å². The van der Waals surface area contributed by atoms with Crippen molar-refractivity contribution >= 4 is 45.0 Å². The Morgan fingerprint density at radius 3 is 2.76 bits per heavy atom. The Morgan fingerprint density at radius 1 is 1.35 bits per heavy atom. The van der Waals surface area contributed by atoms with E-state index in [1.807, 2.05) is 0 Å². The van der Waals surface area contributed by atoms with Gasteiger partial charge in [-0.15, -0.1) is 0 Å². The monoisotopic (exact) mass is 332 g/mol. The summed E-state index contributed by atoms with van der Waals surface area (Å²) in [7, 11) is 0. The van der Waals surface area contributed by atoms with Gasteiger partial charge >= 0.3 is 0 Å². The van der Waals surface area contributed by atoms with Crippen LogP contribution in [0.25, 0.3) is 0 Å². The number of halogens is 3. The van der Waals surface area contributed by atoms with Gasteiger partial charge in [0.15, 0.2) is 0 Å². The maximum Gasteiger partial charge on any atom is 0.138 e. The number of nitrogens with two attached hydrogens (primary N) is 1. The fourth-order valence-electron chi connectivity index (χ4n) is 1.17. The smallest absolute Gasteiger partial charge is 0.138 e. The number of hydrogen-bond donors (Lipinski definition) is 1. The molecule has 0 aliphatic carbocycles. The number of aromatic nitrogens is 1. The van der Waals surface area contributed by atoms with E-state index in [4.69, 9.17) is 17.3 Å². The van der Waals surface area contributed by atoms with Crippen LogP contribution in [0, 0.1) is 5.82 Å². The summed E-state index contributed by atoms with van der Waals surface area (Å²) in [5.41, 5.74) is 6.30. The second kappa shape index (κ2) is 5.25. The van der Waals surface area contributed by atoms with Crippen molar-refractivity contribution in [1.82, 2.24) is 4.98 Å². The Labute approximate surface area is 116 Å². The van der Waals surface area contributed by atoms with Crippen LogP contribution in [0.15, 0.2) is 44.9 Å². The van der Waals surface area contributed by atoms with Crippen LogP contribution in [0.3, 0.4) is 0 Å². The molecule has 0 aliphatic rings. The van der Waals surface area contributed by atoms with Gasteiger partial charge in [0.05, 0.1) is 9.50 Å². The maximum atomic E-state index is 13.4. The van der Waals surface area contributed by atoms with Crippen LogP contribution in [0.1, 0.15) is 0 Å². The third-order valence-electron chi connectivity index (χ3n) is 1.97. The van der Waals surface area contributed by atoms with Crippen molar-refractivity contribution in [2.24, 2.45) is 0 Å². The van der Waals surface area contributed by atoms with Crippen molar-refractivity contribution in [3.63, 3.8) is 0 Å². The van der Waals surface area contributed by atoms with Crippen molar-refractivity contribution < 1.29 is 4.39 Å². The fraction of sp³-hybridized carbons (Fsp3) is 0. The van der Waals surface area contributed by atoms with E-state index in [1.165, 1.54) is 30.1 Å². The Morgan fingerprint density at radius 2 is 2.12 bits per heavy atom. The Bertz CT molecular complexity index is 548. The van der Waals surface area contributed by atoms with Crippen LogP contribution in [-0.4, -0.2) is 4.98 Å². The number of hydrogen-bond acceptors (Lipinski definition) is 3. The minimum Gasteiger partial charge on any atom is -0.398 e. The number of nitrogens with zero attached hydrogens (tertiary/aromatic N) is 1. The molecular formula is C11H7BrClFN2S. The van der Waals surface area contributed by atoms with E-state index >= 15 is 0 Å². The topological polar surface area (TPSA) is 38.9 Å². The number of rotatable bonds is 2. The maximum absolute atomic E-state index is 13.4. The third kappa shape index (κ3) is 3.12. The van der Waals surface area contributed by atoms with Crippen molar-refractivity contribution in [2.75, 3.05) is 5.73 Å². The molecule has 0 atom stereocenters. The predicted octanol–water partition coefficient (Wildman–Crippen LogP) is 4.37. The molecule has 0 unspecified atom stereocenters. The molecule has 0 spiro atoms. The van der Waals surface area contributed by atoms with Gasteiger partial charge in [0, 0.05) is 16.8 Å². The van der Waals surface area contributed by atoms with Crippen LogP contribution in [0.2, 0.25) is 5.02 Å². The molecule has 0 radical (unpaired) electrons. The normalized spacial score (nSPS) is 10.5. The zero-order valence-electron chi connectivity index (χ0n) is 8.45. The first-order valence-corrected chi connectivity index (χ1v) is 6.59. The summed E-state index contributed by atoms with van der Waals surface area (Å²) < 4.78 is 13.7. The summed E-state index contributed by atoms with van der Waals surface area (Å²) in [5.74, 6) is -0.351. The molecule has 0 saturated heterocycles. The van der Waals surface area contributed by atoms with Gasteiger partial charge in [0.1, 0.15) is 10.8 Å². The molecule has 0 aliphatic heterocycles. The third-order valence-corrected chi connectivity index (χ3v) is 3.82. The molecule has 2 N–H and O–H groups in total. The number of nitrogen functional groups attached to an aromatic ring is 1. The molecule has 2 aromatic rings. The summed E-state index contributed by atoms with van der Waals surface area (Å²) in [5, 5.41) is 1.27. The predicted molar refractivity (Wildman–Crippen MR) is 71.9 cm³/mol. The van der Waals surface area contributed by atoms with Crippen LogP contribution in [0.5, 0.6) is 0 Å². The van der Waals surface area contributed by atoms with Gasteiger partial charge in [-0.2, -0.15) is 0 Å². The second-order valence-electron chi connectivity index (χ2n) is 3.22. The fourth-order valence-corrected chi connectivity index (χ4v) is 2.45. The Hall–Kier alpha value is -0.780. The van der Waals surface area contributed by atoms with Crippen LogP contribution in [-0.2, 0) is 0 Å². The highest BCUT2D eigenvalue weighted by Crippen LogP contribution is 2.34. The van der Waals surface area contributed by atoms with Crippen molar-refractivity contribution in [2.45, 2.75) is 9.92 Å². The highest BCUT2D eigenvalue weighted by molar-refractivity contribution is 9.10. The Kier molecular flexibility index (Phi) is 3.91. The summed E-state index contributed by atoms with van der Waals surface area (Å²) in [6.07, 6.45) is 1.54. The van der Waals surface area contributed by atoms with Crippen LogP contribution >= 0.6 is 39.3 Å². The molecule has 2 rings (SSSR count). The number of benzene rings is 1. The van der Waals surface area contributed by atoms with E-state index < -0.39 is 0 Å². The lowest BCUT2D eigenvalue weighted by atomic mass is 10.3. The van der Waals surface area contributed by atoms with E-state index in [-0.39, 0.29) is 5.82 Å². The summed E-state index contributed by atoms with van der Waals surface area (Å²) in [4.78, 5) is 4.73. The molecule has 0 saturated carbocycles.